The van der Waals surface area contributed by atoms with Crippen molar-refractivity contribution in [3.8, 4) is 5.75 Å². The second-order valence-corrected chi connectivity index (χ2v) is 3.97. The van der Waals surface area contributed by atoms with Crippen molar-refractivity contribution < 1.29 is 19.1 Å². The second-order valence-electron chi connectivity index (χ2n) is 2.63. The maximum atomic E-state index is 10.9. The minimum absolute atomic E-state index is 0.00243. The van der Waals surface area contributed by atoms with E-state index in [0.717, 1.165) is 0 Å². The van der Waals surface area contributed by atoms with Gasteiger partial charge in [0.05, 0.1) is 0 Å². The molecule has 84 valence electrons. The molecule has 0 aliphatic rings. The van der Waals surface area contributed by atoms with E-state index < -0.39 is 15.4 Å². The van der Waals surface area contributed by atoms with Crippen molar-refractivity contribution in [3.05, 3.63) is 29.3 Å². The van der Waals surface area contributed by atoms with Crippen LogP contribution in [0.1, 0.15) is 20.7 Å². The first kappa shape index (κ1) is 13.2. The standard InChI is InChI=1S/C9H3BrCl2O4/c10-9(15)16-6-2-4(7(11)13)1-5(3-6)8(12)14/h1-3H. The molecule has 16 heavy (non-hydrogen) atoms. The zero-order valence-electron chi connectivity index (χ0n) is 7.50. The van der Waals surface area contributed by atoms with Crippen molar-refractivity contribution in [2.75, 3.05) is 0 Å². The van der Waals surface area contributed by atoms with E-state index in [1.807, 2.05) is 0 Å². The number of halogens is 3. The van der Waals surface area contributed by atoms with Crippen LogP contribution in [0.3, 0.4) is 0 Å². The molecule has 0 saturated carbocycles. The molecule has 0 atom stereocenters. The third-order valence-electron chi connectivity index (χ3n) is 1.56. The van der Waals surface area contributed by atoms with Crippen LogP contribution in [0.4, 0.5) is 4.79 Å². The summed E-state index contributed by atoms with van der Waals surface area (Å²) >= 11 is 13.0. The first-order valence-corrected chi connectivity index (χ1v) is 5.37. The van der Waals surface area contributed by atoms with Crippen LogP contribution in [0.5, 0.6) is 5.75 Å². The molecule has 0 spiro atoms. The van der Waals surface area contributed by atoms with E-state index in [1.165, 1.54) is 18.2 Å². The highest BCUT2D eigenvalue weighted by Gasteiger charge is 2.12. The Morgan fingerprint density at radius 3 is 1.75 bits per heavy atom. The van der Waals surface area contributed by atoms with Crippen LogP contribution in [-0.4, -0.2) is 15.4 Å². The molecule has 0 bridgehead atoms. The van der Waals surface area contributed by atoms with Crippen molar-refractivity contribution in [1.82, 2.24) is 0 Å². The molecule has 1 rings (SSSR count). The zero-order valence-corrected chi connectivity index (χ0v) is 10.6. The molecule has 0 amide bonds. The highest BCUT2D eigenvalue weighted by atomic mass is 79.9. The summed E-state index contributed by atoms with van der Waals surface area (Å²) in [6.45, 7) is 0. The Morgan fingerprint density at radius 2 is 1.44 bits per heavy atom. The molecule has 0 unspecified atom stereocenters. The average molecular weight is 326 g/mol. The van der Waals surface area contributed by atoms with Crippen LogP contribution in [-0.2, 0) is 0 Å². The Labute approximate surface area is 109 Å². The molecular formula is C9H3BrCl2O4. The van der Waals surface area contributed by atoms with Crippen LogP contribution in [0.15, 0.2) is 18.2 Å². The van der Waals surface area contributed by atoms with E-state index in [9.17, 15) is 14.4 Å². The number of rotatable bonds is 3. The van der Waals surface area contributed by atoms with Crippen LogP contribution >= 0.6 is 39.1 Å². The van der Waals surface area contributed by atoms with Crippen LogP contribution in [0.25, 0.3) is 0 Å². The molecule has 0 aliphatic carbocycles. The highest BCUT2D eigenvalue weighted by molar-refractivity contribution is 9.18. The lowest BCUT2D eigenvalue weighted by Gasteiger charge is -2.03. The number of carbonyl (C=O) groups is 3. The van der Waals surface area contributed by atoms with Gasteiger partial charge in [-0.3, -0.25) is 9.59 Å². The summed E-state index contributed by atoms with van der Waals surface area (Å²) in [7, 11) is 0. The smallest absolute Gasteiger partial charge is 0.379 e. The molecule has 0 fully saturated rings. The van der Waals surface area contributed by atoms with Gasteiger partial charge in [0.1, 0.15) is 5.75 Å². The lowest BCUT2D eigenvalue weighted by Crippen LogP contribution is -2.01. The zero-order chi connectivity index (χ0) is 12.3. The fourth-order valence-corrected chi connectivity index (χ4v) is 1.38. The normalized spacial score (nSPS) is 9.69. The van der Waals surface area contributed by atoms with Gasteiger partial charge in [0.2, 0.25) is 0 Å². The monoisotopic (exact) mass is 324 g/mol. The fraction of sp³-hybridized carbons (Fsp3) is 0. The van der Waals surface area contributed by atoms with Crippen molar-refractivity contribution in [1.29, 1.82) is 0 Å². The minimum Gasteiger partial charge on any atom is -0.418 e. The maximum Gasteiger partial charge on any atom is 0.379 e. The van der Waals surface area contributed by atoms with Crippen LogP contribution in [0, 0.1) is 0 Å². The molecule has 0 heterocycles. The van der Waals surface area contributed by atoms with Gasteiger partial charge < -0.3 is 4.74 Å². The van der Waals surface area contributed by atoms with E-state index in [4.69, 9.17) is 23.2 Å². The summed E-state index contributed by atoms with van der Waals surface area (Å²) < 4.78 is 4.65. The molecule has 0 aromatic heterocycles. The van der Waals surface area contributed by atoms with Crippen LogP contribution in [0.2, 0.25) is 0 Å². The molecule has 0 N–H and O–H groups in total. The summed E-state index contributed by atoms with van der Waals surface area (Å²) in [5, 5.41) is -1.57. The predicted octanol–water partition coefficient (Wildman–Crippen LogP) is 3.34. The molecule has 1 aromatic rings. The van der Waals surface area contributed by atoms with Gasteiger partial charge >= 0.3 is 4.88 Å². The lowest BCUT2D eigenvalue weighted by atomic mass is 10.1. The molecule has 1 aromatic carbocycles. The Kier molecular flexibility index (Phi) is 4.46. The highest BCUT2D eigenvalue weighted by Crippen LogP contribution is 2.21. The van der Waals surface area contributed by atoms with E-state index in [0.29, 0.717) is 0 Å². The van der Waals surface area contributed by atoms with Gasteiger partial charge in [0.25, 0.3) is 10.5 Å². The van der Waals surface area contributed by atoms with Gasteiger partial charge in [-0.15, -0.1) is 0 Å². The van der Waals surface area contributed by atoms with E-state index in [-0.39, 0.29) is 16.9 Å². The SMILES string of the molecule is O=C(Br)Oc1cc(C(=O)Cl)cc(C(=O)Cl)c1. The lowest BCUT2D eigenvalue weighted by molar-refractivity contribution is 0.108. The number of ether oxygens (including phenoxy) is 1. The van der Waals surface area contributed by atoms with Crippen LogP contribution < -0.4 is 4.74 Å². The molecule has 4 nitrogen and oxygen atoms in total. The Balaban J connectivity index is 3.23. The van der Waals surface area contributed by atoms with E-state index in [1.54, 1.807) is 0 Å². The van der Waals surface area contributed by atoms with Gasteiger partial charge in [-0.2, -0.15) is 0 Å². The Hall–Kier alpha value is -0.910. The minimum atomic E-state index is -0.786. The largest absolute Gasteiger partial charge is 0.418 e. The second kappa shape index (κ2) is 5.43. The Morgan fingerprint density at radius 1 is 1.00 bits per heavy atom. The number of carbonyl (C=O) groups excluding carboxylic acids is 3. The molecule has 0 radical (unpaired) electrons. The molecule has 0 saturated heterocycles. The van der Waals surface area contributed by atoms with Crippen molar-refractivity contribution >= 4 is 54.5 Å². The number of benzene rings is 1. The third kappa shape index (κ3) is 3.59. The van der Waals surface area contributed by atoms with Gasteiger partial charge in [0, 0.05) is 27.1 Å². The van der Waals surface area contributed by atoms with Crippen molar-refractivity contribution in [3.63, 3.8) is 0 Å². The van der Waals surface area contributed by atoms with E-state index >= 15 is 0 Å². The third-order valence-corrected chi connectivity index (χ3v) is 2.16. The van der Waals surface area contributed by atoms with Gasteiger partial charge in [-0.1, -0.05) is 0 Å². The summed E-state index contributed by atoms with van der Waals surface area (Å²) in [4.78, 5) is 31.7. The summed E-state index contributed by atoms with van der Waals surface area (Å²) in [6, 6.07) is 3.64. The predicted molar refractivity (Wildman–Crippen MR) is 61.8 cm³/mol. The first-order chi connectivity index (χ1) is 7.40. The summed E-state index contributed by atoms with van der Waals surface area (Å²) in [5.74, 6) is -0.00243. The molecule has 7 heteroatoms. The molecule has 0 aliphatic heterocycles. The summed E-state index contributed by atoms with van der Waals surface area (Å²) in [6.07, 6.45) is 0. The van der Waals surface area contributed by atoms with Crippen molar-refractivity contribution in [2.24, 2.45) is 0 Å². The molecular weight excluding hydrogens is 323 g/mol. The van der Waals surface area contributed by atoms with Gasteiger partial charge in [-0.05, 0) is 41.4 Å². The number of hydrogen-bond donors (Lipinski definition) is 0. The first-order valence-electron chi connectivity index (χ1n) is 3.82. The van der Waals surface area contributed by atoms with Crippen molar-refractivity contribution in [2.45, 2.75) is 0 Å². The van der Waals surface area contributed by atoms with Gasteiger partial charge in [-0.25, -0.2) is 4.79 Å². The fourth-order valence-electron chi connectivity index (χ4n) is 0.978. The number of hydrogen-bond acceptors (Lipinski definition) is 4. The summed E-state index contributed by atoms with van der Waals surface area (Å²) in [5.41, 5.74) is 0.0221. The maximum absolute atomic E-state index is 10.9. The quantitative estimate of drug-likeness (QED) is 0.800. The van der Waals surface area contributed by atoms with E-state index in [2.05, 4.69) is 20.7 Å². The topological polar surface area (TPSA) is 60.4 Å². The van der Waals surface area contributed by atoms with Gasteiger partial charge in [0.15, 0.2) is 0 Å². The Bertz CT molecular complexity index is 440. The average Bonchev–Trinajstić information content (AvgIpc) is 2.15.